The molecule has 20 heavy (non-hydrogen) atoms. The predicted molar refractivity (Wildman–Crippen MR) is 82.2 cm³/mol. The number of halogens is 1. The molecule has 0 radical (unpaired) electrons. The fourth-order valence-electron chi connectivity index (χ4n) is 2.26. The van der Waals surface area contributed by atoms with E-state index in [0.29, 0.717) is 10.6 Å². The fraction of sp³-hybridized carbons (Fsp3) is 0.0588. The Labute approximate surface area is 122 Å². The van der Waals surface area contributed by atoms with Crippen molar-refractivity contribution in [2.45, 2.75) is 6.92 Å². The largest absolute Gasteiger partial charge is 0.294 e. The van der Waals surface area contributed by atoms with Gasteiger partial charge in [0.2, 0.25) is 0 Å². The number of carbonyl (C=O) groups excluding carboxylic acids is 1. The van der Waals surface area contributed by atoms with Crippen LogP contribution in [-0.4, -0.2) is 10.8 Å². The van der Waals surface area contributed by atoms with E-state index in [9.17, 15) is 4.79 Å². The van der Waals surface area contributed by atoms with Crippen LogP contribution < -0.4 is 0 Å². The molecule has 2 nitrogen and oxygen atoms in total. The molecule has 0 N–H and O–H groups in total. The average molecular weight is 282 g/mol. The Morgan fingerprint density at radius 1 is 1.05 bits per heavy atom. The second kappa shape index (κ2) is 5.06. The highest BCUT2D eigenvalue weighted by atomic mass is 35.5. The van der Waals surface area contributed by atoms with Crippen molar-refractivity contribution < 1.29 is 4.79 Å². The summed E-state index contributed by atoms with van der Waals surface area (Å²) in [5.74, 6) is 0.0404. The first-order valence-electron chi connectivity index (χ1n) is 6.32. The molecule has 0 aliphatic heterocycles. The normalized spacial score (nSPS) is 10.7. The van der Waals surface area contributed by atoms with Gasteiger partial charge in [0.25, 0.3) is 0 Å². The second-order valence-electron chi connectivity index (χ2n) is 4.64. The van der Waals surface area contributed by atoms with Crippen LogP contribution in [-0.2, 0) is 0 Å². The lowest BCUT2D eigenvalue weighted by Crippen LogP contribution is -1.97. The van der Waals surface area contributed by atoms with Gasteiger partial charge in [-0.05, 0) is 31.2 Å². The van der Waals surface area contributed by atoms with Crippen LogP contribution in [0.25, 0.3) is 22.2 Å². The maximum atomic E-state index is 11.7. The van der Waals surface area contributed by atoms with E-state index in [1.54, 1.807) is 6.92 Å². The molecule has 1 aromatic heterocycles. The van der Waals surface area contributed by atoms with Gasteiger partial charge in [-0.3, -0.25) is 4.79 Å². The van der Waals surface area contributed by atoms with Gasteiger partial charge in [0.1, 0.15) is 0 Å². The molecule has 0 aliphatic rings. The van der Waals surface area contributed by atoms with E-state index in [1.807, 2.05) is 54.6 Å². The zero-order valence-corrected chi connectivity index (χ0v) is 11.7. The van der Waals surface area contributed by atoms with Crippen LogP contribution in [0.5, 0.6) is 0 Å². The SMILES string of the molecule is CC(=O)c1ccccc1-c1ccc2cc(Cl)ccc2n1. The molecule has 98 valence electrons. The van der Waals surface area contributed by atoms with E-state index in [-0.39, 0.29) is 5.78 Å². The molecule has 3 rings (SSSR count). The van der Waals surface area contributed by atoms with Crippen LogP contribution in [0.1, 0.15) is 17.3 Å². The van der Waals surface area contributed by atoms with Crippen LogP contribution in [0.3, 0.4) is 0 Å². The minimum Gasteiger partial charge on any atom is -0.294 e. The summed E-state index contributed by atoms with van der Waals surface area (Å²) in [5, 5.41) is 1.68. The topological polar surface area (TPSA) is 30.0 Å². The Kier molecular flexibility index (Phi) is 3.25. The van der Waals surface area contributed by atoms with Crippen molar-refractivity contribution in [2.75, 3.05) is 0 Å². The standard InChI is InChI=1S/C17H12ClNO/c1-11(20)14-4-2-3-5-15(14)17-8-6-12-10-13(18)7-9-16(12)19-17/h2-10H,1H3. The number of rotatable bonds is 2. The van der Waals surface area contributed by atoms with Crippen LogP contribution in [0.2, 0.25) is 5.02 Å². The van der Waals surface area contributed by atoms with Gasteiger partial charge in [-0.25, -0.2) is 4.98 Å². The van der Waals surface area contributed by atoms with Gasteiger partial charge in [0.05, 0.1) is 11.2 Å². The van der Waals surface area contributed by atoms with Crippen molar-refractivity contribution in [3.8, 4) is 11.3 Å². The highest BCUT2D eigenvalue weighted by molar-refractivity contribution is 6.31. The average Bonchev–Trinajstić information content (AvgIpc) is 2.46. The van der Waals surface area contributed by atoms with E-state index in [2.05, 4.69) is 4.98 Å². The minimum atomic E-state index is 0.0404. The van der Waals surface area contributed by atoms with E-state index in [1.165, 1.54) is 0 Å². The number of fused-ring (bicyclic) bond motifs is 1. The number of carbonyl (C=O) groups is 1. The van der Waals surface area contributed by atoms with Crippen molar-refractivity contribution in [1.82, 2.24) is 4.98 Å². The Balaban J connectivity index is 2.20. The smallest absolute Gasteiger partial charge is 0.160 e. The number of pyridine rings is 1. The molecule has 0 amide bonds. The fourth-order valence-corrected chi connectivity index (χ4v) is 2.44. The molecule has 0 spiro atoms. The summed E-state index contributed by atoms with van der Waals surface area (Å²) >= 11 is 5.97. The number of nitrogens with zero attached hydrogens (tertiary/aromatic N) is 1. The molecule has 3 heteroatoms. The van der Waals surface area contributed by atoms with E-state index in [4.69, 9.17) is 11.6 Å². The van der Waals surface area contributed by atoms with Crippen molar-refractivity contribution in [1.29, 1.82) is 0 Å². The molecule has 2 aromatic carbocycles. The first-order valence-corrected chi connectivity index (χ1v) is 6.69. The van der Waals surface area contributed by atoms with E-state index >= 15 is 0 Å². The molecular weight excluding hydrogens is 270 g/mol. The van der Waals surface area contributed by atoms with Gasteiger partial charge in [-0.1, -0.05) is 41.9 Å². The van der Waals surface area contributed by atoms with Crippen molar-refractivity contribution in [3.05, 3.63) is 65.2 Å². The van der Waals surface area contributed by atoms with Gasteiger partial charge in [-0.15, -0.1) is 0 Å². The van der Waals surface area contributed by atoms with Gasteiger partial charge in [-0.2, -0.15) is 0 Å². The number of ketones is 1. The van der Waals surface area contributed by atoms with Crippen molar-refractivity contribution in [2.24, 2.45) is 0 Å². The second-order valence-corrected chi connectivity index (χ2v) is 5.07. The molecule has 0 unspecified atom stereocenters. The Bertz CT molecular complexity index is 811. The number of hydrogen-bond donors (Lipinski definition) is 0. The molecule has 1 heterocycles. The summed E-state index contributed by atoms with van der Waals surface area (Å²) in [6.07, 6.45) is 0. The molecule has 0 saturated heterocycles. The van der Waals surface area contributed by atoms with Gasteiger partial charge >= 0.3 is 0 Å². The van der Waals surface area contributed by atoms with Crippen molar-refractivity contribution >= 4 is 28.3 Å². The Morgan fingerprint density at radius 2 is 1.85 bits per heavy atom. The van der Waals surface area contributed by atoms with Crippen molar-refractivity contribution in [3.63, 3.8) is 0 Å². The maximum absolute atomic E-state index is 11.7. The lowest BCUT2D eigenvalue weighted by atomic mass is 10.0. The monoisotopic (exact) mass is 281 g/mol. The van der Waals surface area contributed by atoms with Gasteiger partial charge < -0.3 is 0 Å². The summed E-state index contributed by atoms with van der Waals surface area (Å²) in [5.41, 5.74) is 3.21. The summed E-state index contributed by atoms with van der Waals surface area (Å²) in [7, 11) is 0. The van der Waals surface area contributed by atoms with Gasteiger partial charge in [0, 0.05) is 21.5 Å². The summed E-state index contributed by atoms with van der Waals surface area (Å²) in [6.45, 7) is 1.57. The molecule has 3 aromatic rings. The lowest BCUT2D eigenvalue weighted by molar-refractivity contribution is 0.101. The highest BCUT2D eigenvalue weighted by Crippen LogP contribution is 2.26. The van der Waals surface area contributed by atoms with Crippen LogP contribution in [0.15, 0.2) is 54.6 Å². The summed E-state index contributed by atoms with van der Waals surface area (Å²) in [4.78, 5) is 16.3. The van der Waals surface area contributed by atoms with Crippen LogP contribution in [0.4, 0.5) is 0 Å². The Morgan fingerprint density at radius 3 is 2.65 bits per heavy atom. The number of benzene rings is 2. The summed E-state index contributed by atoms with van der Waals surface area (Å²) in [6, 6.07) is 17.0. The first-order chi connectivity index (χ1) is 9.65. The zero-order valence-electron chi connectivity index (χ0n) is 10.9. The number of hydrogen-bond acceptors (Lipinski definition) is 2. The molecule has 0 saturated carbocycles. The maximum Gasteiger partial charge on any atom is 0.160 e. The van der Waals surface area contributed by atoms with E-state index < -0.39 is 0 Å². The third-order valence-corrected chi connectivity index (χ3v) is 3.47. The first kappa shape index (κ1) is 12.8. The third kappa shape index (κ3) is 2.30. The van der Waals surface area contributed by atoms with Crippen LogP contribution in [0, 0.1) is 0 Å². The molecule has 0 aliphatic carbocycles. The predicted octanol–water partition coefficient (Wildman–Crippen LogP) is 4.76. The Hall–Kier alpha value is -2.19. The van der Waals surface area contributed by atoms with E-state index in [0.717, 1.165) is 22.2 Å². The molecular formula is C17H12ClNO. The highest BCUT2D eigenvalue weighted by Gasteiger charge is 2.10. The molecule has 0 bridgehead atoms. The zero-order chi connectivity index (χ0) is 14.1. The number of Topliss-reactive ketones (excluding diaryl/α,β-unsaturated/α-hetero) is 1. The summed E-state index contributed by atoms with van der Waals surface area (Å²) < 4.78 is 0. The molecule has 0 fully saturated rings. The van der Waals surface area contributed by atoms with Gasteiger partial charge in [0.15, 0.2) is 5.78 Å². The van der Waals surface area contributed by atoms with Crippen LogP contribution >= 0.6 is 11.6 Å². The quantitative estimate of drug-likeness (QED) is 0.634. The number of aromatic nitrogens is 1. The third-order valence-electron chi connectivity index (χ3n) is 3.23. The lowest BCUT2D eigenvalue weighted by Gasteiger charge is -2.07. The molecule has 0 atom stereocenters. The minimum absolute atomic E-state index is 0.0404.